The van der Waals surface area contributed by atoms with Crippen LogP contribution in [0.4, 0.5) is 0 Å². The summed E-state index contributed by atoms with van der Waals surface area (Å²) in [5, 5.41) is 0. The molecule has 0 radical (unpaired) electrons. The fourth-order valence-corrected chi connectivity index (χ4v) is 2.44. The highest BCUT2D eigenvalue weighted by molar-refractivity contribution is 7.80. The van der Waals surface area contributed by atoms with Crippen molar-refractivity contribution in [3.05, 3.63) is 0 Å². The summed E-state index contributed by atoms with van der Waals surface area (Å²) in [5.74, 6) is -0.0237. The quantitative estimate of drug-likeness (QED) is 0.122. The van der Waals surface area contributed by atoms with Crippen LogP contribution in [0.1, 0.15) is 84.0 Å². The average Bonchev–Trinajstić information content (AvgIpc) is 2.58. The minimum Gasteiger partial charge on any atom is -0.726 e. The van der Waals surface area contributed by atoms with Gasteiger partial charge in [0.25, 0.3) is 0 Å². The van der Waals surface area contributed by atoms with Gasteiger partial charge >= 0.3 is 5.97 Å². The van der Waals surface area contributed by atoms with Crippen molar-refractivity contribution >= 4 is 16.4 Å². The number of hydrogen-bond acceptors (Lipinski definition) is 6. The van der Waals surface area contributed by atoms with Crippen LogP contribution in [0, 0.1) is 0 Å². The van der Waals surface area contributed by atoms with Crippen LogP contribution >= 0.6 is 0 Å². The Balaban J connectivity index is 0. The van der Waals surface area contributed by atoms with Crippen LogP contribution in [0.25, 0.3) is 0 Å². The molecule has 7 nitrogen and oxygen atoms in total. The van der Waals surface area contributed by atoms with Gasteiger partial charge in [0.05, 0.1) is 28.3 Å². The van der Waals surface area contributed by atoms with E-state index < -0.39 is 10.4 Å². The molecule has 0 saturated heterocycles. The Kier molecular flexibility index (Phi) is 19.3. The number of carbonyl (C=O) groups excluding carboxylic acids is 1. The molecule has 28 heavy (non-hydrogen) atoms. The minimum absolute atomic E-state index is 0.0237. The Morgan fingerprint density at radius 3 is 1.61 bits per heavy atom. The van der Waals surface area contributed by atoms with Crippen molar-refractivity contribution in [1.29, 1.82) is 0 Å². The Morgan fingerprint density at radius 2 is 1.25 bits per heavy atom. The van der Waals surface area contributed by atoms with Gasteiger partial charge in [-0.05, 0) is 6.42 Å². The molecule has 0 rings (SSSR count). The molecule has 0 aromatic heterocycles. The highest BCUT2D eigenvalue weighted by atomic mass is 32.3. The molecule has 0 aromatic carbocycles. The number of likely N-dealkylation sites (N-methyl/N-ethyl adjacent to an activating group) is 1. The van der Waals surface area contributed by atoms with Crippen LogP contribution in [0.2, 0.25) is 0 Å². The first kappa shape index (κ1) is 29.5. The van der Waals surface area contributed by atoms with E-state index >= 15 is 0 Å². The maximum absolute atomic E-state index is 11.6. The Hall–Kier alpha value is -0.700. The molecular weight excluding hydrogens is 382 g/mol. The summed E-state index contributed by atoms with van der Waals surface area (Å²) in [4.78, 5) is 11.6. The third-order valence-corrected chi connectivity index (χ3v) is 4.62. The first-order valence-corrected chi connectivity index (χ1v) is 11.8. The van der Waals surface area contributed by atoms with Crippen molar-refractivity contribution in [2.75, 3.05) is 41.4 Å². The van der Waals surface area contributed by atoms with E-state index in [1.165, 1.54) is 64.2 Å². The number of quaternary nitrogens is 1. The second kappa shape index (κ2) is 18.3. The molecule has 0 amide bonds. The van der Waals surface area contributed by atoms with Gasteiger partial charge in [-0.3, -0.25) is 8.98 Å². The number of esters is 1. The van der Waals surface area contributed by atoms with Crippen molar-refractivity contribution in [3.63, 3.8) is 0 Å². The van der Waals surface area contributed by atoms with Crippen molar-refractivity contribution in [2.24, 2.45) is 0 Å². The molecule has 0 fully saturated rings. The number of hydrogen-bond donors (Lipinski definition) is 0. The molecule has 0 spiro atoms. The SMILES string of the molecule is CCCCCCCCCCCCCC(=O)OCC[N+](C)(C)C.COS(=O)(=O)[O-]. The van der Waals surface area contributed by atoms with Crippen LogP contribution in [-0.4, -0.2) is 64.8 Å². The van der Waals surface area contributed by atoms with Gasteiger partial charge < -0.3 is 13.8 Å². The topological polar surface area (TPSA) is 92.7 Å². The molecule has 0 aliphatic heterocycles. The van der Waals surface area contributed by atoms with Gasteiger partial charge in [0, 0.05) is 6.42 Å². The van der Waals surface area contributed by atoms with E-state index in [1.807, 2.05) is 0 Å². The highest BCUT2D eigenvalue weighted by Gasteiger charge is 2.09. The normalized spacial score (nSPS) is 11.6. The first-order chi connectivity index (χ1) is 13.0. The smallest absolute Gasteiger partial charge is 0.305 e. The molecule has 0 bridgehead atoms. The fraction of sp³-hybridized carbons (Fsp3) is 0.950. The lowest BCUT2D eigenvalue weighted by Gasteiger charge is -2.23. The van der Waals surface area contributed by atoms with Gasteiger partial charge in [0.2, 0.25) is 10.4 Å². The lowest BCUT2D eigenvalue weighted by Crippen LogP contribution is -2.37. The van der Waals surface area contributed by atoms with E-state index in [0.29, 0.717) is 13.0 Å². The Bertz CT molecular complexity index is 460. The largest absolute Gasteiger partial charge is 0.726 e. The second-order valence-corrected chi connectivity index (χ2v) is 9.24. The standard InChI is InChI=1S/C19H40NO2.CH4O4S/c1-5-6-7-8-9-10-11-12-13-14-15-16-19(21)22-18-17-20(2,3)4;1-5-6(2,3)4/h5-18H2,1-4H3;1H3,(H,2,3,4)/q+1;/p-1. The van der Waals surface area contributed by atoms with Crippen LogP contribution in [0.15, 0.2) is 0 Å². The summed E-state index contributed by atoms with van der Waals surface area (Å²) in [6.07, 6.45) is 15.0. The zero-order valence-corrected chi connectivity index (χ0v) is 19.5. The summed E-state index contributed by atoms with van der Waals surface area (Å²) in [7, 11) is 2.72. The second-order valence-electron chi connectivity index (χ2n) is 8.09. The van der Waals surface area contributed by atoms with Gasteiger partial charge in [-0.1, -0.05) is 71.1 Å². The molecule has 0 aromatic rings. The van der Waals surface area contributed by atoms with Gasteiger partial charge in [-0.25, -0.2) is 8.42 Å². The van der Waals surface area contributed by atoms with Crippen molar-refractivity contribution in [2.45, 2.75) is 84.0 Å². The van der Waals surface area contributed by atoms with E-state index in [9.17, 15) is 17.8 Å². The lowest BCUT2D eigenvalue weighted by atomic mass is 10.1. The number of rotatable bonds is 16. The predicted octanol–water partition coefficient (Wildman–Crippen LogP) is 4.03. The van der Waals surface area contributed by atoms with E-state index in [0.717, 1.165) is 24.6 Å². The molecule has 8 heteroatoms. The molecule has 0 aliphatic rings. The van der Waals surface area contributed by atoms with E-state index in [-0.39, 0.29) is 5.97 Å². The summed E-state index contributed by atoms with van der Waals surface area (Å²) in [6, 6.07) is 0. The summed E-state index contributed by atoms with van der Waals surface area (Å²) < 4.78 is 37.1. The van der Waals surface area contributed by atoms with Crippen LogP contribution in [0.5, 0.6) is 0 Å². The van der Waals surface area contributed by atoms with Crippen molar-refractivity contribution in [3.8, 4) is 0 Å². The molecule has 0 heterocycles. The molecule has 0 aliphatic carbocycles. The number of ether oxygens (including phenoxy) is 1. The maximum atomic E-state index is 11.6. The van der Waals surface area contributed by atoms with E-state index in [1.54, 1.807) is 0 Å². The molecule has 0 unspecified atom stereocenters. The third kappa shape index (κ3) is 30.0. The number of unbranched alkanes of at least 4 members (excludes halogenated alkanes) is 10. The maximum Gasteiger partial charge on any atom is 0.305 e. The fourth-order valence-electron chi connectivity index (χ4n) is 2.44. The molecule has 0 atom stereocenters. The summed E-state index contributed by atoms with van der Waals surface area (Å²) in [6.45, 7) is 3.68. The summed E-state index contributed by atoms with van der Waals surface area (Å²) in [5.41, 5.74) is 0. The zero-order valence-electron chi connectivity index (χ0n) is 18.7. The predicted molar refractivity (Wildman–Crippen MR) is 112 cm³/mol. The Labute approximate surface area is 173 Å². The van der Waals surface area contributed by atoms with Crippen LogP contribution in [0.3, 0.4) is 0 Å². The molecular formula is C20H43NO6S. The van der Waals surface area contributed by atoms with E-state index in [2.05, 4.69) is 32.2 Å². The molecule has 0 saturated carbocycles. The van der Waals surface area contributed by atoms with E-state index in [4.69, 9.17) is 4.74 Å². The highest BCUT2D eigenvalue weighted by Crippen LogP contribution is 2.12. The average molecular weight is 426 g/mol. The zero-order chi connectivity index (χ0) is 21.9. The Morgan fingerprint density at radius 1 is 0.857 bits per heavy atom. The number of carbonyl (C=O) groups is 1. The van der Waals surface area contributed by atoms with Crippen LogP contribution in [-0.2, 0) is 24.1 Å². The van der Waals surface area contributed by atoms with Crippen LogP contribution < -0.4 is 0 Å². The number of nitrogens with zero attached hydrogens (tertiary/aromatic N) is 1. The van der Waals surface area contributed by atoms with Gasteiger partial charge in [-0.15, -0.1) is 0 Å². The van der Waals surface area contributed by atoms with Gasteiger partial charge in [-0.2, -0.15) is 0 Å². The van der Waals surface area contributed by atoms with Gasteiger partial charge in [0.1, 0.15) is 13.2 Å². The minimum atomic E-state index is -4.41. The molecule has 0 N–H and O–H groups in total. The third-order valence-electron chi connectivity index (χ3n) is 4.21. The first-order valence-electron chi connectivity index (χ1n) is 10.5. The monoisotopic (exact) mass is 425 g/mol. The van der Waals surface area contributed by atoms with Crippen molar-refractivity contribution < 1.29 is 31.2 Å². The lowest BCUT2D eigenvalue weighted by molar-refractivity contribution is -0.870. The van der Waals surface area contributed by atoms with Gasteiger partial charge in [0.15, 0.2) is 0 Å². The van der Waals surface area contributed by atoms with Crippen molar-refractivity contribution in [1.82, 2.24) is 0 Å². The summed E-state index contributed by atoms with van der Waals surface area (Å²) >= 11 is 0. The molecule has 170 valence electrons.